The summed E-state index contributed by atoms with van der Waals surface area (Å²) in [6.07, 6.45) is 0. The summed E-state index contributed by atoms with van der Waals surface area (Å²) >= 11 is 0. The zero-order chi connectivity index (χ0) is 15.6. The van der Waals surface area contributed by atoms with E-state index in [0.717, 1.165) is 6.07 Å². The zero-order valence-electron chi connectivity index (χ0n) is 12.2. The number of rotatable bonds is 4. The Balaban J connectivity index is 0.00000242. The number of nitrogens with one attached hydrogen (secondary N) is 1. The van der Waals surface area contributed by atoms with E-state index in [-0.39, 0.29) is 42.2 Å². The number of sulfonamides is 1. The summed E-state index contributed by atoms with van der Waals surface area (Å²) in [6.45, 7) is 2.95. The van der Waals surface area contributed by atoms with Gasteiger partial charge in [-0.05, 0) is 19.1 Å². The molecular weight excluding hydrogens is 334 g/mol. The molecule has 1 heterocycles. The Hall–Kier alpha value is -1.42. The number of nitro benzene ring substituents is 1. The molecule has 0 aromatic heterocycles. The molecule has 1 aromatic carbocycles. The van der Waals surface area contributed by atoms with E-state index < -0.39 is 20.6 Å². The quantitative estimate of drug-likeness (QED) is 0.641. The number of nitro groups is 1. The van der Waals surface area contributed by atoms with Gasteiger partial charge in [-0.3, -0.25) is 10.1 Å². The van der Waals surface area contributed by atoms with Crippen molar-refractivity contribution in [3.05, 3.63) is 28.3 Å². The molecule has 0 saturated carbocycles. The minimum absolute atomic E-state index is 0. The maximum atomic E-state index is 12.6. The Kier molecular flexibility index (Phi) is 6.12. The van der Waals surface area contributed by atoms with Gasteiger partial charge in [-0.1, -0.05) is 0 Å². The lowest BCUT2D eigenvalue weighted by atomic mass is 10.3. The second kappa shape index (κ2) is 7.23. The van der Waals surface area contributed by atoms with E-state index in [0.29, 0.717) is 6.54 Å². The van der Waals surface area contributed by atoms with E-state index in [2.05, 4.69) is 5.32 Å². The molecule has 8 nitrogen and oxygen atoms in total. The van der Waals surface area contributed by atoms with Gasteiger partial charge in [-0.15, -0.1) is 12.4 Å². The molecule has 2 rings (SSSR count). The Morgan fingerprint density at radius 1 is 1.45 bits per heavy atom. The molecule has 22 heavy (non-hydrogen) atoms. The monoisotopic (exact) mass is 351 g/mol. The van der Waals surface area contributed by atoms with Crippen LogP contribution in [0.1, 0.15) is 6.92 Å². The molecule has 0 bridgehead atoms. The topological polar surface area (TPSA) is 102 Å². The molecule has 1 aliphatic heterocycles. The lowest BCUT2D eigenvalue weighted by Gasteiger charge is -2.30. The highest BCUT2D eigenvalue weighted by molar-refractivity contribution is 7.89. The summed E-state index contributed by atoms with van der Waals surface area (Å²) in [5.74, 6) is 0.245. The number of piperazine rings is 1. The van der Waals surface area contributed by atoms with Gasteiger partial charge in [0.05, 0.1) is 18.1 Å². The standard InChI is InChI=1S/C12H17N3O5S.ClH/c1-9-8-14(6-5-13-9)21(18,19)12-4-3-10(20-2)7-11(12)15(16)17;/h3-4,7,9,13H,5-6,8H2,1-2H3;1H/t9-;/m0./s1. The maximum Gasteiger partial charge on any atom is 0.293 e. The third-order valence-electron chi connectivity index (χ3n) is 3.31. The summed E-state index contributed by atoms with van der Waals surface area (Å²) in [7, 11) is -2.53. The molecule has 0 aliphatic carbocycles. The lowest BCUT2D eigenvalue weighted by Crippen LogP contribution is -2.51. The molecule has 0 spiro atoms. The summed E-state index contributed by atoms with van der Waals surface area (Å²) < 4.78 is 31.4. The molecular formula is C12H18ClN3O5S. The smallest absolute Gasteiger partial charge is 0.293 e. The second-order valence-electron chi connectivity index (χ2n) is 4.81. The van der Waals surface area contributed by atoms with E-state index in [9.17, 15) is 18.5 Å². The van der Waals surface area contributed by atoms with Gasteiger partial charge in [0.1, 0.15) is 5.75 Å². The number of methoxy groups -OCH3 is 1. The van der Waals surface area contributed by atoms with Gasteiger partial charge in [0.25, 0.3) is 5.69 Å². The SMILES string of the molecule is COc1ccc(S(=O)(=O)N2CCN[C@@H](C)C2)c([N+](=O)[O-])c1.Cl. The Labute approximate surface area is 135 Å². The lowest BCUT2D eigenvalue weighted by molar-refractivity contribution is -0.387. The van der Waals surface area contributed by atoms with Crippen molar-refractivity contribution >= 4 is 28.1 Å². The average molecular weight is 352 g/mol. The molecule has 1 fully saturated rings. The highest BCUT2D eigenvalue weighted by Gasteiger charge is 2.34. The van der Waals surface area contributed by atoms with Gasteiger partial charge in [-0.25, -0.2) is 8.42 Å². The summed E-state index contributed by atoms with van der Waals surface area (Å²) in [4.78, 5) is 10.1. The van der Waals surface area contributed by atoms with Gasteiger partial charge < -0.3 is 10.1 Å². The highest BCUT2D eigenvalue weighted by Crippen LogP contribution is 2.30. The number of hydrogen-bond acceptors (Lipinski definition) is 6. The van der Waals surface area contributed by atoms with Crippen LogP contribution in [0.4, 0.5) is 5.69 Å². The average Bonchev–Trinajstić information content (AvgIpc) is 2.46. The molecule has 0 amide bonds. The number of nitrogens with zero attached hydrogens (tertiary/aromatic N) is 2. The van der Waals surface area contributed by atoms with E-state index in [1.807, 2.05) is 6.92 Å². The van der Waals surface area contributed by atoms with Crippen molar-refractivity contribution < 1.29 is 18.1 Å². The normalized spacial score (nSPS) is 19.3. The van der Waals surface area contributed by atoms with Crippen molar-refractivity contribution in [1.82, 2.24) is 9.62 Å². The van der Waals surface area contributed by atoms with Crippen molar-refractivity contribution in [2.75, 3.05) is 26.7 Å². The predicted molar refractivity (Wildman–Crippen MR) is 83.1 cm³/mol. The van der Waals surface area contributed by atoms with Crippen LogP contribution in [0.5, 0.6) is 5.75 Å². The molecule has 1 N–H and O–H groups in total. The first-order chi connectivity index (χ1) is 9.86. The van der Waals surface area contributed by atoms with Crippen LogP contribution in [0.25, 0.3) is 0 Å². The van der Waals surface area contributed by atoms with Crippen LogP contribution in [0, 0.1) is 10.1 Å². The van der Waals surface area contributed by atoms with Gasteiger partial charge in [0, 0.05) is 25.7 Å². The third kappa shape index (κ3) is 3.67. The van der Waals surface area contributed by atoms with E-state index in [1.165, 1.54) is 23.5 Å². The van der Waals surface area contributed by atoms with Crippen LogP contribution in [0.3, 0.4) is 0 Å². The maximum absolute atomic E-state index is 12.6. The fraction of sp³-hybridized carbons (Fsp3) is 0.500. The van der Waals surface area contributed by atoms with Crippen molar-refractivity contribution in [2.24, 2.45) is 0 Å². The van der Waals surface area contributed by atoms with Gasteiger partial charge in [-0.2, -0.15) is 4.31 Å². The molecule has 0 unspecified atom stereocenters. The Bertz CT molecular complexity index is 652. The first-order valence-electron chi connectivity index (χ1n) is 6.42. The van der Waals surface area contributed by atoms with Crippen LogP contribution >= 0.6 is 12.4 Å². The van der Waals surface area contributed by atoms with Gasteiger partial charge in [0.2, 0.25) is 10.0 Å². The first kappa shape index (κ1) is 18.6. The van der Waals surface area contributed by atoms with E-state index >= 15 is 0 Å². The molecule has 0 radical (unpaired) electrons. The van der Waals surface area contributed by atoms with Gasteiger partial charge in [0.15, 0.2) is 4.90 Å². The number of hydrogen-bond donors (Lipinski definition) is 1. The molecule has 1 aliphatic rings. The number of ether oxygens (including phenoxy) is 1. The zero-order valence-corrected chi connectivity index (χ0v) is 13.8. The second-order valence-corrected chi connectivity index (χ2v) is 6.72. The van der Waals surface area contributed by atoms with Crippen LogP contribution in [-0.2, 0) is 10.0 Å². The van der Waals surface area contributed by atoms with Crippen LogP contribution < -0.4 is 10.1 Å². The third-order valence-corrected chi connectivity index (χ3v) is 5.22. The minimum Gasteiger partial charge on any atom is -0.497 e. The molecule has 1 atom stereocenters. The summed E-state index contributed by atoms with van der Waals surface area (Å²) in [5.41, 5.74) is -0.472. The van der Waals surface area contributed by atoms with Crippen molar-refractivity contribution in [2.45, 2.75) is 17.9 Å². The van der Waals surface area contributed by atoms with Crippen molar-refractivity contribution in [1.29, 1.82) is 0 Å². The summed E-state index contributed by atoms with van der Waals surface area (Å²) in [6, 6.07) is 3.76. The van der Waals surface area contributed by atoms with E-state index in [1.54, 1.807) is 0 Å². The number of halogens is 1. The highest BCUT2D eigenvalue weighted by atomic mass is 35.5. The largest absolute Gasteiger partial charge is 0.497 e. The fourth-order valence-electron chi connectivity index (χ4n) is 2.24. The van der Waals surface area contributed by atoms with Gasteiger partial charge >= 0.3 is 0 Å². The van der Waals surface area contributed by atoms with Crippen LogP contribution in [0.2, 0.25) is 0 Å². The number of benzene rings is 1. The summed E-state index contributed by atoms with van der Waals surface area (Å²) in [5, 5.41) is 14.3. The fourth-order valence-corrected chi connectivity index (χ4v) is 3.91. The minimum atomic E-state index is -3.90. The Morgan fingerprint density at radius 2 is 2.14 bits per heavy atom. The molecule has 10 heteroatoms. The van der Waals surface area contributed by atoms with Crippen LogP contribution in [0.15, 0.2) is 23.1 Å². The molecule has 124 valence electrons. The Morgan fingerprint density at radius 3 is 2.68 bits per heavy atom. The van der Waals surface area contributed by atoms with Crippen molar-refractivity contribution in [3.63, 3.8) is 0 Å². The van der Waals surface area contributed by atoms with Crippen LogP contribution in [-0.4, -0.2) is 50.4 Å². The molecule has 1 saturated heterocycles. The van der Waals surface area contributed by atoms with Crippen molar-refractivity contribution in [3.8, 4) is 5.75 Å². The first-order valence-corrected chi connectivity index (χ1v) is 7.86. The predicted octanol–water partition coefficient (Wildman–Crippen LogP) is 1.01. The van der Waals surface area contributed by atoms with E-state index in [4.69, 9.17) is 4.74 Å². The molecule has 1 aromatic rings.